The molecule has 1 aromatic rings. The summed E-state index contributed by atoms with van der Waals surface area (Å²) < 4.78 is 10.7. The molecule has 1 atom stereocenters. The largest absolute Gasteiger partial charge is 0.381 e. The van der Waals surface area contributed by atoms with E-state index in [-0.39, 0.29) is 6.04 Å². The van der Waals surface area contributed by atoms with Gasteiger partial charge < -0.3 is 14.6 Å². The third-order valence-electron chi connectivity index (χ3n) is 3.26. The smallest absolute Gasteiger partial charge is 0.244 e. The van der Waals surface area contributed by atoms with E-state index in [9.17, 15) is 0 Å². The second-order valence-electron chi connectivity index (χ2n) is 4.46. The van der Waals surface area contributed by atoms with Crippen molar-refractivity contribution in [1.82, 2.24) is 15.5 Å². The molecular weight excluding hydrogens is 238 g/mol. The van der Waals surface area contributed by atoms with Crippen LogP contribution in [0.2, 0.25) is 0 Å². The Labute approximate surface area is 105 Å². The summed E-state index contributed by atoms with van der Waals surface area (Å²) in [5.74, 6) is 4.21. The molecule has 2 aliphatic heterocycles. The second-order valence-corrected chi connectivity index (χ2v) is 5.61. The highest BCUT2D eigenvalue weighted by atomic mass is 32.2. The van der Waals surface area contributed by atoms with E-state index in [1.807, 2.05) is 11.8 Å². The standard InChI is InChI=1S/C11H17N3O2S/c1-4-15-5-2-8(1)10-13-11(16-14-10)9-7-17-6-3-12-9/h8-9,12H,1-7H2. The lowest BCUT2D eigenvalue weighted by Crippen LogP contribution is -2.30. The molecule has 0 spiro atoms. The molecule has 5 nitrogen and oxygen atoms in total. The van der Waals surface area contributed by atoms with Crippen LogP contribution in [0.3, 0.4) is 0 Å². The molecule has 0 amide bonds. The third kappa shape index (κ3) is 2.64. The van der Waals surface area contributed by atoms with E-state index in [4.69, 9.17) is 9.26 Å². The normalized spacial score (nSPS) is 27.2. The molecule has 2 saturated heterocycles. The summed E-state index contributed by atoms with van der Waals surface area (Å²) in [6.07, 6.45) is 2.01. The van der Waals surface area contributed by atoms with E-state index in [1.54, 1.807) is 0 Å². The fourth-order valence-corrected chi connectivity index (χ4v) is 3.16. The zero-order valence-electron chi connectivity index (χ0n) is 9.72. The minimum absolute atomic E-state index is 0.231. The van der Waals surface area contributed by atoms with Crippen molar-refractivity contribution in [3.8, 4) is 0 Å². The van der Waals surface area contributed by atoms with Crippen LogP contribution < -0.4 is 5.32 Å². The first-order valence-corrected chi connectivity index (χ1v) is 7.31. The van der Waals surface area contributed by atoms with E-state index in [1.165, 1.54) is 0 Å². The van der Waals surface area contributed by atoms with Gasteiger partial charge in [0.15, 0.2) is 5.82 Å². The molecule has 3 heterocycles. The number of hydrogen-bond donors (Lipinski definition) is 1. The lowest BCUT2D eigenvalue weighted by molar-refractivity contribution is 0.0830. The fraction of sp³-hybridized carbons (Fsp3) is 0.818. The van der Waals surface area contributed by atoms with Gasteiger partial charge in [0.05, 0.1) is 6.04 Å². The Morgan fingerprint density at radius 2 is 2.18 bits per heavy atom. The van der Waals surface area contributed by atoms with Gasteiger partial charge in [0, 0.05) is 37.2 Å². The SMILES string of the molecule is C1CSCC(c2nc(C3CCOCC3)no2)N1. The van der Waals surface area contributed by atoms with Gasteiger partial charge in [0.1, 0.15) is 0 Å². The molecule has 0 bridgehead atoms. The van der Waals surface area contributed by atoms with Crippen molar-refractivity contribution >= 4 is 11.8 Å². The van der Waals surface area contributed by atoms with Crippen LogP contribution in [-0.2, 0) is 4.74 Å². The molecule has 0 aliphatic carbocycles. The van der Waals surface area contributed by atoms with Crippen LogP contribution in [-0.4, -0.2) is 41.4 Å². The highest BCUT2D eigenvalue weighted by Gasteiger charge is 2.25. The van der Waals surface area contributed by atoms with Gasteiger partial charge in [-0.1, -0.05) is 5.16 Å². The summed E-state index contributed by atoms with van der Waals surface area (Å²) in [6.45, 7) is 2.64. The molecule has 0 saturated carbocycles. The van der Waals surface area contributed by atoms with Gasteiger partial charge in [-0.05, 0) is 12.8 Å². The second kappa shape index (κ2) is 5.37. The molecule has 2 aliphatic rings. The molecule has 17 heavy (non-hydrogen) atoms. The maximum absolute atomic E-state index is 5.38. The van der Waals surface area contributed by atoms with Gasteiger partial charge >= 0.3 is 0 Å². The van der Waals surface area contributed by atoms with E-state index >= 15 is 0 Å². The van der Waals surface area contributed by atoms with Crippen LogP contribution in [0.25, 0.3) is 0 Å². The number of thioether (sulfide) groups is 1. The van der Waals surface area contributed by atoms with E-state index < -0.39 is 0 Å². The Hall–Kier alpha value is -0.590. The van der Waals surface area contributed by atoms with Gasteiger partial charge in [0.25, 0.3) is 0 Å². The first-order chi connectivity index (χ1) is 8.43. The summed E-state index contributed by atoms with van der Waals surface area (Å²) in [4.78, 5) is 4.55. The van der Waals surface area contributed by atoms with Crippen LogP contribution in [0.4, 0.5) is 0 Å². The van der Waals surface area contributed by atoms with Crippen LogP contribution in [0.1, 0.15) is 36.5 Å². The summed E-state index contributed by atoms with van der Waals surface area (Å²) in [5.41, 5.74) is 0. The molecule has 6 heteroatoms. The van der Waals surface area contributed by atoms with Crippen molar-refractivity contribution in [2.75, 3.05) is 31.3 Å². The van der Waals surface area contributed by atoms with Gasteiger partial charge in [-0.15, -0.1) is 0 Å². The number of aromatic nitrogens is 2. The van der Waals surface area contributed by atoms with Crippen molar-refractivity contribution in [2.45, 2.75) is 24.8 Å². The molecule has 0 aromatic carbocycles. The fourth-order valence-electron chi connectivity index (χ4n) is 2.23. The van der Waals surface area contributed by atoms with Crippen molar-refractivity contribution in [3.63, 3.8) is 0 Å². The maximum Gasteiger partial charge on any atom is 0.244 e. The minimum atomic E-state index is 0.231. The number of ether oxygens (including phenoxy) is 1. The van der Waals surface area contributed by atoms with E-state index in [2.05, 4.69) is 15.5 Å². The monoisotopic (exact) mass is 255 g/mol. The molecule has 3 rings (SSSR count). The first kappa shape index (κ1) is 11.5. The Balaban J connectivity index is 1.68. The molecule has 2 fully saturated rings. The lowest BCUT2D eigenvalue weighted by Gasteiger charge is -2.20. The average Bonchev–Trinajstić information content (AvgIpc) is 2.90. The summed E-state index contributed by atoms with van der Waals surface area (Å²) in [7, 11) is 0. The molecule has 0 radical (unpaired) electrons. The quantitative estimate of drug-likeness (QED) is 0.860. The number of nitrogens with zero attached hydrogens (tertiary/aromatic N) is 2. The van der Waals surface area contributed by atoms with Crippen molar-refractivity contribution < 1.29 is 9.26 Å². The van der Waals surface area contributed by atoms with Crippen LogP contribution >= 0.6 is 11.8 Å². The number of hydrogen-bond acceptors (Lipinski definition) is 6. The predicted molar refractivity (Wildman–Crippen MR) is 65.2 cm³/mol. The zero-order chi connectivity index (χ0) is 11.5. The van der Waals surface area contributed by atoms with Crippen LogP contribution in [0, 0.1) is 0 Å². The Morgan fingerprint density at radius 1 is 1.29 bits per heavy atom. The van der Waals surface area contributed by atoms with Crippen molar-refractivity contribution in [1.29, 1.82) is 0 Å². The molecule has 1 aromatic heterocycles. The third-order valence-corrected chi connectivity index (χ3v) is 4.33. The highest BCUT2D eigenvalue weighted by molar-refractivity contribution is 7.99. The van der Waals surface area contributed by atoms with Gasteiger partial charge in [-0.2, -0.15) is 16.7 Å². The molecule has 94 valence electrons. The summed E-state index contributed by atoms with van der Waals surface area (Å²) in [6, 6.07) is 0.231. The minimum Gasteiger partial charge on any atom is -0.381 e. The Morgan fingerprint density at radius 3 is 2.94 bits per heavy atom. The molecular formula is C11H17N3O2S. The molecule has 1 unspecified atom stereocenters. The Kier molecular flexibility index (Phi) is 3.63. The van der Waals surface area contributed by atoms with Gasteiger partial charge in [-0.3, -0.25) is 0 Å². The van der Waals surface area contributed by atoms with Gasteiger partial charge in [0.2, 0.25) is 5.89 Å². The topological polar surface area (TPSA) is 60.2 Å². The Bertz CT molecular complexity index is 327. The van der Waals surface area contributed by atoms with Crippen LogP contribution in [0.15, 0.2) is 4.52 Å². The number of nitrogens with one attached hydrogen (secondary N) is 1. The zero-order valence-corrected chi connectivity index (χ0v) is 10.5. The average molecular weight is 255 g/mol. The van der Waals surface area contributed by atoms with Gasteiger partial charge in [-0.25, -0.2) is 0 Å². The predicted octanol–water partition coefficient (Wildman–Crippen LogP) is 1.34. The van der Waals surface area contributed by atoms with Crippen LogP contribution in [0.5, 0.6) is 0 Å². The first-order valence-electron chi connectivity index (χ1n) is 6.16. The maximum atomic E-state index is 5.38. The van der Waals surface area contributed by atoms with E-state index in [0.717, 1.165) is 55.8 Å². The van der Waals surface area contributed by atoms with Crippen molar-refractivity contribution in [3.05, 3.63) is 11.7 Å². The lowest BCUT2D eigenvalue weighted by atomic mass is 10.00. The summed E-state index contributed by atoms with van der Waals surface area (Å²) in [5, 5.41) is 7.53. The van der Waals surface area contributed by atoms with E-state index in [0.29, 0.717) is 5.92 Å². The summed E-state index contributed by atoms with van der Waals surface area (Å²) >= 11 is 1.93. The molecule has 1 N–H and O–H groups in total. The highest BCUT2D eigenvalue weighted by Crippen LogP contribution is 2.27. The number of rotatable bonds is 2. The van der Waals surface area contributed by atoms with Crippen molar-refractivity contribution in [2.24, 2.45) is 0 Å².